The summed E-state index contributed by atoms with van der Waals surface area (Å²) >= 11 is 0. The molecule has 186 valence electrons. The molecule has 0 unspecified atom stereocenters. The van der Waals surface area contributed by atoms with Gasteiger partial charge in [-0.3, -0.25) is 4.79 Å². The first-order valence-corrected chi connectivity index (χ1v) is 12.4. The van der Waals surface area contributed by atoms with Gasteiger partial charge in [0.2, 0.25) is 0 Å². The van der Waals surface area contributed by atoms with Crippen LogP contribution >= 0.6 is 0 Å². The molecule has 0 amide bonds. The third-order valence-corrected chi connectivity index (χ3v) is 7.67. The minimum atomic E-state index is -4.81. The summed E-state index contributed by atoms with van der Waals surface area (Å²) in [5.41, 5.74) is 0.651. The fraction of sp³-hybridized carbons (Fsp3) is 0.696. The van der Waals surface area contributed by atoms with E-state index < -0.39 is 22.1 Å². The highest BCUT2D eigenvalue weighted by Crippen LogP contribution is 2.43. The van der Waals surface area contributed by atoms with E-state index in [0.29, 0.717) is 37.2 Å². The van der Waals surface area contributed by atoms with Crippen LogP contribution in [0.5, 0.6) is 11.5 Å². The van der Waals surface area contributed by atoms with Crippen LogP contribution in [0.3, 0.4) is 0 Å². The van der Waals surface area contributed by atoms with E-state index in [1.54, 1.807) is 6.92 Å². The summed E-state index contributed by atoms with van der Waals surface area (Å²) in [6.45, 7) is 7.68. The Morgan fingerprint density at radius 2 is 1.85 bits per heavy atom. The highest BCUT2D eigenvalue weighted by molar-refractivity contribution is 7.84. The number of carbonyl (C=O) groups is 1. The van der Waals surface area contributed by atoms with E-state index in [1.807, 2.05) is 20.8 Å². The maximum absolute atomic E-state index is 12.8. The molecule has 0 radical (unpaired) electrons. The lowest BCUT2D eigenvalue weighted by atomic mass is 9.77. The third-order valence-electron chi connectivity index (χ3n) is 6.06. The van der Waals surface area contributed by atoms with E-state index in [1.165, 1.54) is 18.2 Å². The van der Waals surface area contributed by atoms with Crippen LogP contribution in [0.2, 0.25) is 0 Å². The van der Waals surface area contributed by atoms with E-state index in [4.69, 9.17) is 9.47 Å². The van der Waals surface area contributed by atoms with Gasteiger partial charge in [-0.25, -0.2) is 8.93 Å². The normalized spacial score (nSPS) is 26.6. The van der Waals surface area contributed by atoms with Crippen molar-refractivity contribution in [1.82, 2.24) is 4.72 Å². The fourth-order valence-electron chi connectivity index (χ4n) is 4.37. The largest absolute Gasteiger partial charge is 0.573 e. The van der Waals surface area contributed by atoms with Crippen LogP contribution in [0.4, 0.5) is 13.2 Å². The Balaban J connectivity index is 1.80. The first kappa shape index (κ1) is 25.8. The van der Waals surface area contributed by atoms with Crippen LogP contribution < -0.4 is 14.2 Å². The molecule has 1 saturated carbocycles. The van der Waals surface area contributed by atoms with Crippen molar-refractivity contribution in [1.29, 1.82) is 0 Å². The first-order valence-electron chi connectivity index (χ1n) is 11.3. The van der Waals surface area contributed by atoms with Crippen molar-refractivity contribution in [2.45, 2.75) is 83.1 Å². The van der Waals surface area contributed by atoms with Gasteiger partial charge in [-0.15, -0.1) is 13.2 Å². The quantitative estimate of drug-likeness (QED) is 0.554. The molecule has 1 aromatic rings. The van der Waals surface area contributed by atoms with E-state index >= 15 is 0 Å². The zero-order chi connectivity index (χ0) is 24.4. The monoisotopic (exact) mass is 491 g/mol. The maximum atomic E-state index is 12.8. The third kappa shape index (κ3) is 6.85. The lowest BCUT2D eigenvalue weighted by Crippen LogP contribution is -2.42. The molecule has 2 aliphatic rings. The summed E-state index contributed by atoms with van der Waals surface area (Å²) in [6.07, 6.45) is -1.70. The van der Waals surface area contributed by atoms with Crippen molar-refractivity contribution in [2.75, 3.05) is 6.61 Å². The number of carbonyl (C=O) groups excluding carboxylic acids is 1. The first-order chi connectivity index (χ1) is 15.4. The molecule has 33 heavy (non-hydrogen) atoms. The van der Waals surface area contributed by atoms with Crippen molar-refractivity contribution in [3.05, 3.63) is 23.8 Å². The van der Waals surface area contributed by atoms with Gasteiger partial charge in [0.25, 0.3) is 0 Å². The molecule has 1 aliphatic carbocycles. The van der Waals surface area contributed by atoms with E-state index in [2.05, 4.69) is 9.46 Å². The number of nitrogens with one attached hydrogen (secondary N) is 1. The summed E-state index contributed by atoms with van der Waals surface area (Å²) in [6, 6.07) is 3.67. The average molecular weight is 492 g/mol. The Morgan fingerprint density at radius 3 is 2.42 bits per heavy atom. The zero-order valence-corrected chi connectivity index (χ0v) is 20.2. The van der Waals surface area contributed by atoms with Crippen molar-refractivity contribution in [3.8, 4) is 11.5 Å². The minimum Gasteiger partial charge on any atom is -0.490 e. The van der Waals surface area contributed by atoms with Gasteiger partial charge in [0.1, 0.15) is 17.6 Å². The smallest absolute Gasteiger partial charge is 0.490 e. The van der Waals surface area contributed by atoms with Gasteiger partial charge in [-0.2, -0.15) is 0 Å². The molecule has 0 bridgehead atoms. The maximum Gasteiger partial charge on any atom is 0.573 e. The van der Waals surface area contributed by atoms with Crippen LogP contribution in [0, 0.1) is 11.8 Å². The number of hydrogen-bond donors (Lipinski definition) is 1. The van der Waals surface area contributed by atoms with Crippen molar-refractivity contribution >= 4 is 17.0 Å². The molecule has 6 nitrogen and oxygen atoms in total. The summed E-state index contributed by atoms with van der Waals surface area (Å²) in [4.78, 5) is 12.1. The van der Waals surface area contributed by atoms with Gasteiger partial charge in [0.15, 0.2) is 0 Å². The Kier molecular flexibility index (Phi) is 7.99. The van der Waals surface area contributed by atoms with Crippen LogP contribution in [-0.2, 0) is 20.5 Å². The van der Waals surface area contributed by atoms with Crippen LogP contribution in [0.1, 0.15) is 71.4 Å². The van der Waals surface area contributed by atoms with E-state index in [-0.39, 0.29) is 35.7 Å². The van der Waals surface area contributed by atoms with E-state index in [0.717, 1.165) is 12.8 Å². The number of benzene rings is 1. The lowest BCUT2D eigenvalue weighted by molar-refractivity contribution is -0.274. The number of esters is 1. The summed E-state index contributed by atoms with van der Waals surface area (Å²) in [5.74, 6) is -0.248. The molecule has 0 saturated heterocycles. The molecular formula is C23H32F3NO5S. The highest BCUT2D eigenvalue weighted by atomic mass is 32.2. The topological polar surface area (TPSA) is 73.9 Å². The van der Waals surface area contributed by atoms with Gasteiger partial charge in [0, 0.05) is 18.1 Å². The summed E-state index contributed by atoms with van der Waals surface area (Å²) in [7, 11) is -1.38. The molecule has 3 atom stereocenters. The second kappa shape index (κ2) is 10.2. The number of halogens is 3. The van der Waals surface area contributed by atoms with Crippen LogP contribution in [0.15, 0.2) is 18.2 Å². The summed E-state index contributed by atoms with van der Waals surface area (Å²) in [5, 5.41) is 0. The number of alkyl halides is 3. The van der Waals surface area contributed by atoms with Gasteiger partial charge in [-0.1, -0.05) is 6.07 Å². The minimum absolute atomic E-state index is 0.128. The summed E-state index contributed by atoms with van der Waals surface area (Å²) < 4.78 is 69.0. The van der Waals surface area contributed by atoms with Gasteiger partial charge in [0.05, 0.1) is 34.3 Å². The van der Waals surface area contributed by atoms with E-state index in [9.17, 15) is 22.2 Å². The second-order valence-corrected chi connectivity index (χ2v) is 11.6. The second-order valence-electron chi connectivity index (χ2n) is 9.55. The number of fused-ring (bicyclic) bond motifs is 1. The van der Waals surface area contributed by atoms with Crippen LogP contribution in [-0.4, -0.2) is 34.0 Å². The highest BCUT2D eigenvalue weighted by Gasteiger charge is 2.39. The molecule has 0 spiro atoms. The van der Waals surface area contributed by atoms with Crippen molar-refractivity contribution in [3.63, 3.8) is 0 Å². The molecule has 1 aromatic carbocycles. The molecule has 1 N–H and O–H groups in total. The average Bonchev–Trinajstić information content (AvgIpc) is 2.71. The van der Waals surface area contributed by atoms with Crippen LogP contribution in [0.25, 0.3) is 0 Å². The Bertz CT molecular complexity index is 863. The standard InChI is InChI=1S/C23H32F3NO5S/c1-5-30-21(28)15-8-6-14(7-9-15)19-13-18(27-33(29)22(2,3)4)17-11-10-16(12-20(17)31-19)32-23(24,25)26/h10-12,14-15,18-19,27H,5-9,13H2,1-4H3/t14?,15?,18-,19-,33-/m0/s1. The Labute approximate surface area is 195 Å². The number of hydrogen-bond acceptors (Lipinski definition) is 5. The zero-order valence-electron chi connectivity index (χ0n) is 19.4. The van der Waals surface area contributed by atoms with Gasteiger partial charge in [-0.05, 0) is 65.4 Å². The predicted molar refractivity (Wildman–Crippen MR) is 118 cm³/mol. The molecule has 1 heterocycles. The van der Waals surface area contributed by atoms with Crippen molar-refractivity contribution < 1.29 is 36.4 Å². The van der Waals surface area contributed by atoms with Gasteiger partial charge >= 0.3 is 12.3 Å². The fourth-order valence-corrected chi connectivity index (χ4v) is 5.20. The number of rotatable bonds is 6. The molecule has 1 fully saturated rings. The number of ether oxygens (including phenoxy) is 3. The molecule has 0 aromatic heterocycles. The molecular weight excluding hydrogens is 459 g/mol. The molecule has 1 aliphatic heterocycles. The molecule has 10 heteroatoms. The Morgan fingerprint density at radius 1 is 1.18 bits per heavy atom. The van der Waals surface area contributed by atoms with Crippen molar-refractivity contribution in [2.24, 2.45) is 11.8 Å². The SMILES string of the molecule is CCOC(=O)C1CCC([C@@H]2C[C@H](N[S@@](=O)C(C)(C)C)c3ccc(OC(F)(F)F)cc3O2)CC1. The Hall–Kier alpha value is -1.81. The van der Waals surface area contributed by atoms with Gasteiger partial charge < -0.3 is 14.2 Å². The lowest BCUT2D eigenvalue weighted by Gasteiger charge is -2.39. The molecule has 3 rings (SSSR count). The predicted octanol–water partition coefficient (Wildman–Crippen LogP) is 5.20.